The molecule has 1 aliphatic rings. The summed E-state index contributed by atoms with van der Waals surface area (Å²) in [5, 5.41) is 0. The van der Waals surface area contributed by atoms with Crippen molar-refractivity contribution in [2.24, 2.45) is 0 Å². The number of hydrogen-bond donors (Lipinski definition) is 0. The Kier molecular flexibility index (Phi) is 35.1. The number of allylic oxidation sites excluding steroid dienone is 8. The standard InChI is InChI=1S/C44H81NO2/c1-3-5-7-9-11-13-15-17-19-21-23-25-27-29-31-35-41-46-43-44(37-40-45-38-33-34-39-45)47-42-36-32-30-28-26-24-22-20-18-16-14-12-10-8-6-4-2/h11-14,17-20,44H,3-10,15-16,21-43H2,1-2H3/b13-11-,14-12-,19-17-,20-18-/t44-/m0/s1. The normalized spacial score (nSPS) is 15.1. The van der Waals surface area contributed by atoms with Crippen LogP contribution in [0.1, 0.15) is 187 Å². The lowest BCUT2D eigenvalue weighted by Crippen LogP contribution is -2.28. The molecule has 3 heteroatoms. The minimum atomic E-state index is 0.262. The van der Waals surface area contributed by atoms with Gasteiger partial charge in [-0.05, 0) is 109 Å². The Morgan fingerprint density at radius 3 is 1.40 bits per heavy atom. The van der Waals surface area contributed by atoms with Crippen LogP contribution in [0.5, 0.6) is 0 Å². The summed E-state index contributed by atoms with van der Waals surface area (Å²) in [4.78, 5) is 2.61. The molecular formula is C44H81NO2. The van der Waals surface area contributed by atoms with E-state index in [9.17, 15) is 0 Å². The van der Waals surface area contributed by atoms with Crippen LogP contribution >= 0.6 is 0 Å². The third kappa shape index (κ3) is 33.1. The van der Waals surface area contributed by atoms with Gasteiger partial charge in [-0.25, -0.2) is 0 Å². The van der Waals surface area contributed by atoms with E-state index in [1.165, 1.54) is 174 Å². The van der Waals surface area contributed by atoms with Gasteiger partial charge in [0.05, 0.1) is 12.7 Å². The summed E-state index contributed by atoms with van der Waals surface area (Å²) in [6, 6.07) is 0. The molecule has 0 unspecified atom stereocenters. The van der Waals surface area contributed by atoms with Crippen LogP contribution in [0.2, 0.25) is 0 Å². The molecule has 0 N–H and O–H groups in total. The van der Waals surface area contributed by atoms with Gasteiger partial charge >= 0.3 is 0 Å². The Bertz CT molecular complexity index is 720. The topological polar surface area (TPSA) is 21.7 Å². The van der Waals surface area contributed by atoms with Crippen molar-refractivity contribution >= 4 is 0 Å². The van der Waals surface area contributed by atoms with Crippen LogP contribution in [0.15, 0.2) is 48.6 Å². The third-order valence-corrected chi connectivity index (χ3v) is 9.46. The first kappa shape index (κ1) is 43.9. The summed E-state index contributed by atoms with van der Waals surface area (Å²) < 4.78 is 12.5. The Hall–Kier alpha value is -1.16. The molecule has 0 saturated carbocycles. The van der Waals surface area contributed by atoms with E-state index in [1.54, 1.807) is 0 Å². The maximum Gasteiger partial charge on any atom is 0.0820 e. The third-order valence-electron chi connectivity index (χ3n) is 9.46. The Morgan fingerprint density at radius 2 is 0.915 bits per heavy atom. The van der Waals surface area contributed by atoms with E-state index in [2.05, 4.69) is 67.4 Å². The van der Waals surface area contributed by atoms with E-state index in [0.29, 0.717) is 0 Å². The van der Waals surface area contributed by atoms with Gasteiger partial charge in [-0.15, -0.1) is 0 Å². The first-order valence-corrected chi connectivity index (χ1v) is 20.9. The molecule has 0 radical (unpaired) electrons. The van der Waals surface area contributed by atoms with Crippen molar-refractivity contribution in [1.82, 2.24) is 4.90 Å². The van der Waals surface area contributed by atoms with E-state index in [0.717, 1.165) is 39.1 Å². The fraction of sp³-hybridized carbons (Fsp3) is 0.818. The molecule has 3 nitrogen and oxygen atoms in total. The van der Waals surface area contributed by atoms with Crippen molar-refractivity contribution in [3.63, 3.8) is 0 Å². The number of rotatable bonds is 36. The highest BCUT2D eigenvalue weighted by molar-refractivity contribution is 4.93. The van der Waals surface area contributed by atoms with E-state index >= 15 is 0 Å². The van der Waals surface area contributed by atoms with Gasteiger partial charge in [0.2, 0.25) is 0 Å². The van der Waals surface area contributed by atoms with Crippen molar-refractivity contribution in [3.05, 3.63) is 48.6 Å². The van der Waals surface area contributed by atoms with E-state index in [-0.39, 0.29) is 6.10 Å². The van der Waals surface area contributed by atoms with Gasteiger partial charge in [-0.1, -0.05) is 140 Å². The number of hydrogen-bond acceptors (Lipinski definition) is 3. The summed E-state index contributed by atoms with van der Waals surface area (Å²) in [7, 11) is 0. The van der Waals surface area contributed by atoms with E-state index in [4.69, 9.17) is 9.47 Å². The maximum atomic E-state index is 6.38. The average molecular weight is 656 g/mol. The quantitative estimate of drug-likeness (QED) is 0.0495. The molecule has 0 amide bonds. The molecule has 1 saturated heterocycles. The van der Waals surface area contributed by atoms with Gasteiger partial charge in [0.25, 0.3) is 0 Å². The van der Waals surface area contributed by atoms with Crippen molar-refractivity contribution in [2.75, 3.05) is 39.5 Å². The minimum absolute atomic E-state index is 0.262. The van der Waals surface area contributed by atoms with Gasteiger partial charge in [-0.3, -0.25) is 0 Å². The fourth-order valence-corrected chi connectivity index (χ4v) is 6.29. The predicted octanol–water partition coefficient (Wildman–Crippen LogP) is 13.5. The molecule has 1 atom stereocenters. The average Bonchev–Trinajstić information content (AvgIpc) is 3.61. The van der Waals surface area contributed by atoms with E-state index < -0.39 is 0 Å². The zero-order valence-corrected chi connectivity index (χ0v) is 31.8. The second kappa shape index (κ2) is 37.7. The van der Waals surface area contributed by atoms with Crippen LogP contribution in [0.3, 0.4) is 0 Å². The lowest BCUT2D eigenvalue weighted by molar-refractivity contribution is -0.0255. The number of ether oxygens (including phenoxy) is 2. The first-order chi connectivity index (χ1) is 23.4. The molecule has 1 heterocycles. The van der Waals surface area contributed by atoms with Gasteiger partial charge in [0, 0.05) is 19.8 Å². The Balaban J connectivity index is 1.99. The molecule has 1 aliphatic heterocycles. The smallest absolute Gasteiger partial charge is 0.0820 e. The van der Waals surface area contributed by atoms with Crippen LogP contribution in [-0.4, -0.2) is 50.5 Å². The van der Waals surface area contributed by atoms with Crippen molar-refractivity contribution in [3.8, 4) is 0 Å². The predicted molar refractivity (Wildman–Crippen MR) is 210 cm³/mol. The molecule has 0 aromatic rings. The monoisotopic (exact) mass is 656 g/mol. The lowest BCUT2D eigenvalue weighted by atomic mass is 10.1. The highest BCUT2D eigenvalue weighted by Gasteiger charge is 2.15. The fourth-order valence-electron chi connectivity index (χ4n) is 6.29. The zero-order chi connectivity index (χ0) is 33.6. The van der Waals surface area contributed by atoms with Crippen molar-refractivity contribution < 1.29 is 9.47 Å². The molecular weight excluding hydrogens is 574 g/mol. The molecule has 0 aliphatic carbocycles. The van der Waals surface area contributed by atoms with Gasteiger partial charge < -0.3 is 14.4 Å². The summed E-state index contributed by atoms with van der Waals surface area (Å²) in [5.41, 5.74) is 0. The highest BCUT2D eigenvalue weighted by atomic mass is 16.5. The molecule has 0 bridgehead atoms. The highest BCUT2D eigenvalue weighted by Crippen LogP contribution is 2.13. The second-order valence-corrected chi connectivity index (χ2v) is 14.1. The molecule has 274 valence electrons. The minimum Gasteiger partial charge on any atom is -0.379 e. The maximum absolute atomic E-state index is 6.38. The summed E-state index contributed by atoms with van der Waals surface area (Å²) in [6.45, 7) is 10.8. The van der Waals surface area contributed by atoms with Crippen LogP contribution in [0.4, 0.5) is 0 Å². The van der Waals surface area contributed by atoms with Crippen molar-refractivity contribution in [2.45, 2.75) is 193 Å². The summed E-state index contributed by atoms with van der Waals surface area (Å²) >= 11 is 0. The molecule has 47 heavy (non-hydrogen) atoms. The van der Waals surface area contributed by atoms with Crippen LogP contribution in [-0.2, 0) is 9.47 Å². The van der Waals surface area contributed by atoms with E-state index in [1.807, 2.05) is 0 Å². The van der Waals surface area contributed by atoms with Gasteiger partial charge in [-0.2, -0.15) is 0 Å². The van der Waals surface area contributed by atoms with Crippen LogP contribution < -0.4 is 0 Å². The number of likely N-dealkylation sites (tertiary alicyclic amines) is 1. The Labute approximate surface area is 295 Å². The van der Waals surface area contributed by atoms with Gasteiger partial charge in [0.1, 0.15) is 0 Å². The molecule has 0 aromatic heterocycles. The zero-order valence-electron chi connectivity index (χ0n) is 31.8. The summed E-state index contributed by atoms with van der Waals surface area (Å²) in [5.74, 6) is 0. The number of unbranched alkanes of at least 4 members (excludes halogenated alkanes) is 18. The number of nitrogens with zero attached hydrogens (tertiary/aromatic N) is 1. The van der Waals surface area contributed by atoms with Crippen LogP contribution in [0, 0.1) is 0 Å². The van der Waals surface area contributed by atoms with Crippen molar-refractivity contribution in [1.29, 1.82) is 0 Å². The largest absolute Gasteiger partial charge is 0.379 e. The lowest BCUT2D eigenvalue weighted by Gasteiger charge is -2.22. The summed E-state index contributed by atoms with van der Waals surface area (Å²) in [6.07, 6.45) is 53.9. The first-order valence-electron chi connectivity index (χ1n) is 20.9. The van der Waals surface area contributed by atoms with Gasteiger partial charge in [0.15, 0.2) is 0 Å². The second-order valence-electron chi connectivity index (χ2n) is 14.1. The molecule has 0 spiro atoms. The van der Waals surface area contributed by atoms with Crippen LogP contribution in [0.25, 0.3) is 0 Å². The SMILES string of the molecule is CCCCC/C=C\C/C=C\CCCCCCCCOC[C@H](CCN1CCCC1)OCCCCCCCC/C=C\C/C=C\CCCCC. The Morgan fingerprint density at radius 1 is 0.489 bits per heavy atom. The molecule has 1 fully saturated rings. The molecule has 0 aromatic carbocycles. The molecule has 1 rings (SSSR count).